The second kappa shape index (κ2) is 5.89. The first-order valence-corrected chi connectivity index (χ1v) is 8.30. The van der Waals surface area contributed by atoms with E-state index in [1.807, 2.05) is 0 Å². The summed E-state index contributed by atoms with van der Waals surface area (Å²) >= 11 is 6.00. The average Bonchev–Trinajstić information content (AvgIpc) is 2.82. The van der Waals surface area contributed by atoms with Crippen molar-refractivity contribution in [3.63, 3.8) is 0 Å². The third-order valence-corrected chi connectivity index (χ3v) is 5.60. The number of benzene rings is 1. The highest BCUT2D eigenvalue weighted by atomic mass is 35.5. The molecule has 0 radical (unpaired) electrons. The number of rotatable bonds is 4. The van der Waals surface area contributed by atoms with Crippen LogP contribution in [-0.4, -0.2) is 27.7 Å². The van der Waals surface area contributed by atoms with Crippen molar-refractivity contribution in [2.24, 2.45) is 0 Å². The lowest BCUT2D eigenvalue weighted by Gasteiger charge is -2.14. The van der Waals surface area contributed by atoms with Crippen LogP contribution < -0.4 is 10.5 Å². The smallest absolute Gasteiger partial charge is 0.240 e. The topological polar surface area (TPSA) is 81.4 Å². The Hall–Kier alpha value is -0.820. The van der Waals surface area contributed by atoms with Crippen molar-refractivity contribution in [3.05, 3.63) is 22.7 Å². The highest BCUT2D eigenvalue weighted by Gasteiger charge is 2.29. The van der Waals surface area contributed by atoms with Gasteiger partial charge in [-0.2, -0.15) is 0 Å². The molecule has 1 aliphatic carbocycles. The Morgan fingerprint density at radius 2 is 2.10 bits per heavy atom. The number of ether oxygens (including phenoxy) is 1. The number of nitrogens with two attached hydrogens (primary N) is 1. The van der Waals surface area contributed by atoms with Gasteiger partial charge in [-0.25, -0.2) is 13.1 Å². The van der Waals surface area contributed by atoms with Crippen LogP contribution in [0.15, 0.2) is 17.0 Å². The molecule has 1 fully saturated rings. The standard InChI is InChI=1S/C13H19ClN2O3S/c1-8-12(14)6-11(7-13(8)15)20(17,18)16-9-3-4-10(5-9)19-2/h6-7,9-10,16H,3-5,15H2,1-2H3. The summed E-state index contributed by atoms with van der Waals surface area (Å²) in [5.41, 5.74) is 6.83. The fourth-order valence-corrected chi connectivity index (χ4v) is 4.01. The van der Waals surface area contributed by atoms with Crippen molar-refractivity contribution in [2.75, 3.05) is 12.8 Å². The number of anilines is 1. The van der Waals surface area contributed by atoms with Gasteiger partial charge in [0.25, 0.3) is 0 Å². The van der Waals surface area contributed by atoms with E-state index in [0.29, 0.717) is 22.7 Å². The fourth-order valence-electron chi connectivity index (χ4n) is 2.38. The first-order valence-electron chi connectivity index (χ1n) is 6.44. The molecule has 5 nitrogen and oxygen atoms in total. The molecule has 0 heterocycles. The van der Waals surface area contributed by atoms with Gasteiger partial charge in [0.05, 0.1) is 11.0 Å². The van der Waals surface area contributed by atoms with Crippen molar-refractivity contribution in [2.45, 2.75) is 43.2 Å². The maximum absolute atomic E-state index is 12.3. The number of sulfonamides is 1. The van der Waals surface area contributed by atoms with Gasteiger partial charge in [0.15, 0.2) is 0 Å². The lowest BCUT2D eigenvalue weighted by atomic mass is 10.2. The van der Waals surface area contributed by atoms with Crippen molar-refractivity contribution >= 4 is 27.3 Å². The average molecular weight is 319 g/mol. The summed E-state index contributed by atoms with van der Waals surface area (Å²) in [6, 6.07) is 2.76. The van der Waals surface area contributed by atoms with Crippen LogP contribution in [0.5, 0.6) is 0 Å². The van der Waals surface area contributed by atoms with E-state index in [1.54, 1.807) is 14.0 Å². The Kier molecular flexibility index (Phi) is 4.59. The number of hydrogen-bond donors (Lipinski definition) is 2. The summed E-state index contributed by atoms with van der Waals surface area (Å²) < 4.78 is 32.6. The highest BCUT2D eigenvalue weighted by molar-refractivity contribution is 7.89. The second-order valence-corrected chi connectivity index (χ2v) is 7.23. The fraction of sp³-hybridized carbons (Fsp3) is 0.538. The Morgan fingerprint density at radius 3 is 2.65 bits per heavy atom. The predicted octanol–water partition coefficient (Wildman–Crippen LogP) is 2.08. The largest absolute Gasteiger partial charge is 0.398 e. The van der Waals surface area contributed by atoms with Gasteiger partial charge < -0.3 is 10.5 Å². The van der Waals surface area contributed by atoms with Gasteiger partial charge >= 0.3 is 0 Å². The van der Waals surface area contributed by atoms with Crippen LogP contribution in [-0.2, 0) is 14.8 Å². The van der Waals surface area contributed by atoms with Gasteiger partial charge in [-0.1, -0.05) is 11.6 Å². The van der Waals surface area contributed by atoms with Gasteiger partial charge in [0.2, 0.25) is 10.0 Å². The molecule has 0 aliphatic heterocycles. The van der Waals surface area contributed by atoms with Crippen molar-refractivity contribution < 1.29 is 13.2 Å². The SMILES string of the molecule is COC1CCC(NS(=O)(=O)c2cc(N)c(C)c(Cl)c2)C1. The van der Waals surface area contributed by atoms with Crippen molar-refractivity contribution in [1.29, 1.82) is 0 Å². The van der Waals surface area contributed by atoms with Crippen molar-refractivity contribution in [1.82, 2.24) is 4.72 Å². The molecular formula is C13H19ClN2O3S. The summed E-state index contributed by atoms with van der Waals surface area (Å²) in [6.07, 6.45) is 2.44. The predicted molar refractivity (Wildman–Crippen MR) is 79.4 cm³/mol. The Balaban J connectivity index is 2.19. The molecule has 112 valence electrons. The molecule has 2 rings (SSSR count). The van der Waals surface area contributed by atoms with E-state index in [0.717, 1.165) is 12.8 Å². The molecule has 1 aromatic rings. The van der Waals surface area contributed by atoms with Crippen LogP contribution in [0, 0.1) is 6.92 Å². The second-order valence-electron chi connectivity index (χ2n) is 5.11. The molecule has 2 atom stereocenters. The maximum atomic E-state index is 12.3. The molecular weight excluding hydrogens is 300 g/mol. The van der Waals surface area contributed by atoms with Crippen molar-refractivity contribution in [3.8, 4) is 0 Å². The minimum atomic E-state index is -3.61. The van der Waals surface area contributed by atoms with Gasteiger partial charge in [0, 0.05) is 23.9 Å². The number of nitrogen functional groups attached to an aromatic ring is 1. The Morgan fingerprint density at radius 1 is 1.40 bits per heavy atom. The minimum Gasteiger partial charge on any atom is -0.398 e. The molecule has 0 bridgehead atoms. The normalized spacial score (nSPS) is 23.1. The van der Waals surface area contributed by atoms with Crippen LogP contribution in [0.1, 0.15) is 24.8 Å². The van der Waals surface area contributed by atoms with E-state index in [1.165, 1.54) is 12.1 Å². The summed E-state index contributed by atoms with van der Waals surface area (Å²) in [4.78, 5) is 0.103. The molecule has 1 aliphatic rings. The van der Waals surface area contributed by atoms with Crippen LogP contribution in [0.2, 0.25) is 5.02 Å². The van der Waals surface area contributed by atoms with E-state index in [9.17, 15) is 8.42 Å². The molecule has 0 aromatic heterocycles. The van der Waals surface area contributed by atoms with E-state index in [-0.39, 0.29) is 17.0 Å². The lowest BCUT2D eigenvalue weighted by molar-refractivity contribution is 0.107. The van der Waals surface area contributed by atoms with Gasteiger partial charge in [-0.15, -0.1) is 0 Å². The first-order chi connectivity index (χ1) is 9.33. The third-order valence-electron chi connectivity index (χ3n) is 3.71. The van der Waals surface area contributed by atoms with Crippen LogP contribution in [0.25, 0.3) is 0 Å². The maximum Gasteiger partial charge on any atom is 0.240 e. The Bertz CT molecular complexity index is 581. The molecule has 20 heavy (non-hydrogen) atoms. The zero-order chi connectivity index (χ0) is 14.9. The Labute approximate surface area is 124 Å². The summed E-state index contributed by atoms with van der Waals surface area (Å²) in [5, 5.41) is 0.353. The number of nitrogens with one attached hydrogen (secondary N) is 1. The first kappa shape index (κ1) is 15.6. The lowest BCUT2D eigenvalue weighted by Crippen LogP contribution is -2.33. The molecule has 0 spiro atoms. The summed E-state index contributed by atoms with van der Waals surface area (Å²) in [7, 11) is -1.97. The van der Waals surface area contributed by atoms with Crippen LogP contribution >= 0.6 is 11.6 Å². The zero-order valence-corrected chi connectivity index (χ0v) is 13.1. The van der Waals surface area contributed by atoms with Gasteiger partial charge in [-0.3, -0.25) is 0 Å². The quantitative estimate of drug-likeness (QED) is 0.833. The molecule has 0 saturated heterocycles. The van der Waals surface area contributed by atoms with E-state index in [4.69, 9.17) is 22.1 Å². The molecule has 3 N–H and O–H groups in total. The molecule has 1 aromatic carbocycles. The highest BCUT2D eigenvalue weighted by Crippen LogP contribution is 2.27. The third kappa shape index (κ3) is 3.25. The summed E-state index contributed by atoms with van der Waals surface area (Å²) in [5.74, 6) is 0. The van der Waals surface area contributed by atoms with Crippen LogP contribution in [0.3, 0.4) is 0 Å². The number of hydrogen-bond acceptors (Lipinski definition) is 4. The molecule has 7 heteroatoms. The molecule has 2 unspecified atom stereocenters. The van der Waals surface area contributed by atoms with Crippen LogP contribution in [0.4, 0.5) is 5.69 Å². The van der Waals surface area contributed by atoms with Gasteiger partial charge in [-0.05, 0) is 43.9 Å². The number of halogens is 1. The zero-order valence-electron chi connectivity index (χ0n) is 11.5. The monoisotopic (exact) mass is 318 g/mol. The summed E-state index contributed by atoms with van der Waals surface area (Å²) in [6.45, 7) is 1.75. The molecule has 1 saturated carbocycles. The van der Waals surface area contributed by atoms with E-state index < -0.39 is 10.0 Å². The molecule has 0 amide bonds. The van der Waals surface area contributed by atoms with Gasteiger partial charge in [0.1, 0.15) is 0 Å². The van der Waals surface area contributed by atoms with E-state index >= 15 is 0 Å². The number of methoxy groups -OCH3 is 1. The van der Waals surface area contributed by atoms with E-state index in [2.05, 4.69) is 4.72 Å². The minimum absolute atomic E-state index is 0.103.